The molecule has 0 fully saturated rings. The summed E-state index contributed by atoms with van der Waals surface area (Å²) in [4.78, 5) is 3.10. The number of H-pyrrole nitrogens is 1. The molecule has 3 rings (SSSR count). The number of unbranched alkanes of at least 4 members (excludes halogenated alkanes) is 3. The van der Waals surface area contributed by atoms with Gasteiger partial charge < -0.3 is 14.5 Å². The highest BCUT2D eigenvalue weighted by atomic mass is 16.5. The van der Waals surface area contributed by atoms with E-state index in [0.717, 1.165) is 42.3 Å². The number of hydrogen-bond acceptors (Lipinski definition) is 4. The second-order valence-electron chi connectivity index (χ2n) is 6.62. The largest absolute Gasteiger partial charge is 0.497 e. The van der Waals surface area contributed by atoms with Gasteiger partial charge in [-0.15, -0.1) is 0 Å². The van der Waals surface area contributed by atoms with Crippen LogP contribution in [0.5, 0.6) is 11.5 Å². The molecule has 0 unspecified atom stereocenters. The Hall–Kier alpha value is -3.08. The van der Waals surface area contributed by atoms with Crippen LogP contribution in [0.3, 0.4) is 0 Å². The van der Waals surface area contributed by atoms with Crippen molar-refractivity contribution in [1.82, 2.24) is 4.98 Å². The summed E-state index contributed by atoms with van der Waals surface area (Å²) in [6, 6.07) is 17.3. The van der Waals surface area contributed by atoms with Crippen molar-refractivity contribution in [2.24, 2.45) is 10.2 Å². The molecule has 2 aromatic carbocycles. The average molecular weight is 377 g/mol. The lowest BCUT2D eigenvalue weighted by molar-refractivity contribution is 0.304. The van der Waals surface area contributed by atoms with E-state index < -0.39 is 0 Å². The van der Waals surface area contributed by atoms with Crippen molar-refractivity contribution in [3.63, 3.8) is 0 Å². The number of aryl methyl sites for hydroxylation is 1. The van der Waals surface area contributed by atoms with Gasteiger partial charge in [0.25, 0.3) is 0 Å². The lowest BCUT2D eigenvalue weighted by atomic mass is 10.1. The molecule has 0 aliphatic heterocycles. The number of aromatic amines is 1. The third-order valence-electron chi connectivity index (χ3n) is 4.48. The summed E-state index contributed by atoms with van der Waals surface area (Å²) in [5.41, 5.74) is 2.98. The van der Waals surface area contributed by atoms with Crippen molar-refractivity contribution in [1.29, 1.82) is 0 Å². The van der Waals surface area contributed by atoms with Gasteiger partial charge in [-0.1, -0.05) is 12.8 Å². The number of rotatable bonds is 11. The number of ether oxygens (including phenoxy) is 2. The molecule has 0 saturated heterocycles. The second-order valence-corrected chi connectivity index (χ2v) is 6.62. The number of benzene rings is 2. The van der Waals surface area contributed by atoms with E-state index in [9.17, 15) is 0 Å². The topological polar surface area (TPSA) is 59.0 Å². The lowest BCUT2D eigenvalue weighted by Crippen LogP contribution is -1.97. The van der Waals surface area contributed by atoms with Gasteiger partial charge in [-0.3, -0.25) is 0 Å². The van der Waals surface area contributed by atoms with Crippen molar-refractivity contribution >= 4 is 11.4 Å². The maximum atomic E-state index is 5.81. The van der Waals surface area contributed by atoms with Crippen LogP contribution < -0.4 is 9.47 Å². The maximum Gasteiger partial charge on any atom is 0.119 e. The second kappa shape index (κ2) is 10.9. The highest BCUT2D eigenvalue weighted by Crippen LogP contribution is 2.23. The summed E-state index contributed by atoms with van der Waals surface area (Å²) < 4.78 is 10.9. The van der Waals surface area contributed by atoms with Gasteiger partial charge in [-0.2, -0.15) is 10.2 Å². The van der Waals surface area contributed by atoms with Crippen molar-refractivity contribution in [3.8, 4) is 11.5 Å². The van der Waals surface area contributed by atoms with Gasteiger partial charge in [-0.05, 0) is 79.4 Å². The standard InChI is InChI=1S/C23H27N3O2/c1-27-22-11-7-20(8-12-22)25-26-21-9-13-23(14-10-21)28-17-5-3-2-4-6-19-15-16-24-18-19/h7-16,18,24H,2-6,17H2,1H3. The minimum Gasteiger partial charge on any atom is -0.497 e. The molecule has 1 heterocycles. The first-order chi connectivity index (χ1) is 13.8. The summed E-state index contributed by atoms with van der Waals surface area (Å²) in [6.45, 7) is 0.747. The van der Waals surface area contributed by atoms with Gasteiger partial charge in [0.1, 0.15) is 11.5 Å². The van der Waals surface area contributed by atoms with E-state index in [2.05, 4.69) is 27.5 Å². The molecule has 3 aromatic rings. The fourth-order valence-corrected chi connectivity index (χ4v) is 2.86. The summed E-state index contributed by atoms with van der Waals surface area (Å²) >= 11 is 0. The zero-order chi connectivity index (χ0) is 19.4. The molecule has 0 spiro atoms. The van der Waals surface area contributed by atoms with E-state index in [0.29, 0.717) is 0 Å². The molecule has 0 aliphatic rings. The highest BCUT2D eigenvalue weighted by Gasteiger charge is 1.98. The summed E-state index contributed by atoms with van der Waals surface area (Å²) in [7, 11) is 1.64. The van der Waals surface area contributed by atoms with Crippen molar-refractivity contribution < 1.29 is 9.47 Å². The van der Waals surface area contributed by atoms with E-state index in [4.69, 9.17) is 9.47 Å². The van der Waals surface area contributed by atoms with E-state index >= 15 is 0 Å². The molecule has 0 amide bonds. The van der Waals surface area contributed by atoms with Gasteiger partial charge in [0.05, 0.1) is 25.1 Å². The van der Waals surface area contributed by atoms with Crippen LogP contribution in [0.4, 0.5) is 11.4 Å². The SMILES string of the molecule is COc1ccc(N=Nc2ccc(OCCCCCCc3cc[nH]c3)cc2)cc1. The molecule has 1 N–H and O–H groups in total. The molecular weight excluding hydrogens is 350 g/mol. The molecular formula is C23H27N3O2. The van der Waals surface area contributed by atoms with Crippen LogP contribution >= 0.6 is 0 Å². The van der Waals surface area contributed by atoms with Gasteiger partial charge in [0.15, 0.2) is 0 Å². The molecule has 0 atom stereocenters. The summed E-state index contributed by atoms with van der Waals surface area (Å²) in [6.07, 6.45) is 9.94. The Morgan fingerprint density at radius 3 is 2.00 bits per heavy atom. The van der Waals surface area contributed by atoms with Gasteiger partial charge in [0.2, 0.25) is 0 Å². The van der Waals surface area contributed by atoms with Crippen LogP contribution in [-0.2, 0) is 6.42 Å². The Kier molecular flexibility index (Phi) is 7.67. The third kappa shape index (κ3) is 6.58. The monoisotopic (exact) mass is 377 g/mol. The third-order valence-corrected chi connectivity index (χ3v) is 4.48. The average Bonchev–Trinajstić information content (AvgIpc) is 3.26. The Balaban J connectivity index is 1.33. The van der Waals surface area contributed by atoms with Crippen molar-refractivity contribution in [3.05, 3.63) is 72.6 Å². The van der Waals surface area contributed by atoms with E-state index in [1.54, 1.807) is 7.11 Å². The van der Waals surface area contributed by atoms with Gasteiger partial charge >= 0.3 is 0 Å². The molecule has 146 valence electrons. The predicted molar refractivity (Wildman–Crippen MR) is 112 cm³/mol. The fourth-order valence-electron chi connectivity index (χ4n) is 2.86. The van der Waals surface area contributed by atoms with Crippen LogP contribution in [0.25, 0.3) is 0 Å². The van der Waals surface area contributed by atoms with Crippen LogP contribution in [0.15, 0.2) is 77.2 Å². The van der Waals surface area contributed by atoms with Crippen LogP contribution in [-0.4, -0.2) is 18.7 Å². The smallest absolute Gasteiger partial charge is 0.119 e. The summed E-state index contributed by atoms with van der Waals surface area (Å²) in [5, 5.41) is 8.48. The van der Waals surface area contributed by atoms with Crippen LogP contribution in [0.1, 0.15) is 31.2 Å². The van der Waals surface area contributed by atoms with Crippen LogP contribution in [0, 0.1) is 0 Å². The minimum absolute atomic E-state index is 0.747. The van der Waals surface area contributed by atoms with Crippen molar-refractivity contribution in [2.45, 2.75) is 32.1 Å². The van der Waals surface area contributed by atoms with Gasteiger partial charge in [0, 0.05) is 12.4 Å². The zero-order valence-electron chi connectivity index (χ0n) is 16.3. The van der Waals surface area contributed by atoms with Gasteiger partial charge in [-0.25, -0.2) is 0 Å². The zero-order valence-corrected chi connectivity index (χ0v) is 16.3. The minimum atomic E-state index is 0.747. The maximum absolute atomic E-state index is 5.81. The normalized spacial score (nSPS) is 11.0. The highest BCUT2D eigenvalue weighted by molar-refractivity contribution is 5.44. The molecule has 5 heteroatoms. The quantitative estimate of drug-likeness (QED) is 0.301. The number of nitrogens with one attached hydrogen (secondary N) is 1. The Bertz CT molecular complexity index is 825. The van der Waals surface area contributed by atoms with E-state index in [-0.39, 0.29) is 0 Å². The first-order valence-electron chi connectivity index (χ1n) is 9.74. The summed E-state index contributed by atoms with van der Waals surface area (Å²) in [5.74, 6) is 1.68. The molecule has 0 bridgehead atoms. The number of azo groups is 1. The molecule has 1 aromatic heterocycles. The first-order valence-corrected chi connectivity index (χ1v) is 9.74. The first kappa shape index (κ1) is 19.7. The Morgan fingerprint density at radius 2 is 1.39 bits per heavy atom. The Morgan fingerprint density at radius 1 is 0.750 bits per heavy atom. The van der Waals surface area contributed by atoms with E-state index in [1.165, 1.54) is 24.8 Å². The molecule has 28 heavy (non-hydrogen) atoms. The molecule has 5 nitrogen and oxygen atoms in total. The predicted octanol–water partition coefficient (Wildman–Crippen LogP) is 6.62. The Labute approximate surface area is 166 Å². The number of nitrogens with zero attached hydrogens (tertiary/aromatic N) is 2. The number of hydrogen-bond donors (Lipinski definition) is 1. The molecule has 0 aliphatic carbocycles. The number of aromatic nitrogens is 1. The number of methoxy groups -OCH3 is 1. The van der Waals surface area contributed by atoms with Crippen LogP contribution in [0.2, 0.25) is 0 Å². The fraction of sp³-hybridized carbons (Fsp3) is 0.304. The lowest BCUT2D eigenvalue weighted by Gasteiger charge is -2.06. The van der Waals surface area contributed by atoms with E-state index in [1.807, 2.05) is 54.7 Å². The van der Waals surface area contributed by atoms with Crippen molar-refractivity contribution in [2.75, 3.05) is 13.7 Å². The molecule has 0 saturated carbocycles. The molecule has 0 radical (unpaired) electrons.